The summed E-state index contributed by atoms with van der Waals surface area (Å²) in [4.78, 5) is 2.57. The maximum absolute atomic E-state index is 5.46. The van der Waals surface area contributed by atoms with Crippen LogP contribution >= 0.6 is 0 Å². The van der Waals surface area contributed by atoms with Gasteiger partial charge < -0.3 is 4.74 Å². The molecule has 1 aliphatic rings. The maximum Gasteiger partial charge on any atom is 0.0540 e. The Morgan fingerprint density at radius 2 is 1.72 bits per heavy atom. The lowest BCUT2D eigenvalue weighted by atomic mass is 9.74. The van der Waals surface area contributed by atoms with Crippen LogP contribution in [0.25, 0.3) is 0 Å². The van der Waals surface area contributed by atoms with Gasteiger partial charge in [0.1, 0.15) is 0 Å². The molecule has 0 bridgehead atoms. The highest BCUT2D eigenvalue weighted by molar-refractivity contribution is 5.26. The Hall–Kier alpha value is -0.340. The lowest BCUT2D eigenvalue weighted by Crippen LogP contribution is -2.50. The van der Waals surface area contributed by atoms with Gasteiger partial charge in [-0.05, 0) is 33.1 Å². The van der Waals surface area contributed by atoms with E-state index in [0.29, 0.717) is 5.92 Å². The molecule has 106 valence electrons. The largest absolute Gasteiger partial charge is 0.384 e. The van der Waals surface area contributed by atoms with Crippen LogP contribution in [0, 0.1) is 11.3 Å². The number of methoxy groups -OCH3 is 1. The predicted octanol–water partition coefficient (Wildman–Crippen LogP) is 3.73. The van der Waals surface area contributed by atoms with Crippen LogP contribution in [0.15, 0.2) is 11.1 Å². The number of hydrogen-bond donors (Lipinski definition) is 0. The van der Waals surface area contributed by atoms with Crippen LogP contribution in [0.1, 0.15) is 48.5 Å². The van der Waals surface area contributed by atoms with Gasteiger partial charge in [-0.25, -0.2) is 0 Å². The Kier molecular flexibility index (Phi) is 4.66. The third-order valence-electron chi connectivity index (χ3n) is 3.86. The lowest BCUT2D eigenvalue weighted by molar-refractivity contribution is 0.0747. The summed E-state index contributed by atoms with van der Waals surface area (Å²) in [6.07, 6.45) is 0. The van der Waals surface area contributed by atoms with Crippen molar-refractivity contribution in [2.45, 2.75) is 54.0 Å². The molecule has 18 heavy (non-hydrogen) atoms. The second-order valence-electron chi connectivity index (χ2n) is 7.65. The van der Waals surface area contributed by atoms with Gasteiger partial charge in [-0.2, -0.15) is 0 Å². The van der Waals surface area contributed by atoms with Crippen LogP contribution in [0.2, 0.25) is 0 Å². The van der Waals surface area contributed by atoms with Crippen molar-refractivity contribution < 1.29 is 4.74 Å². The van der Waals surface area contributed by atoms with Gasteiger partial charge in [0.25, 0.3) is 0 Å². The van der Waals surface area contributed by atoms with E-state index in [1.54, 1.807) is 5.57 Å². The fourth-order valence-electron chi connectivity index (χ4n) is 3.24. The Bertz CT molecular complexity index is 317. The first-order valence-electron chi connectivity index (χ1n) is 7.01. The molecule has 1 aliphatic heterocycles. The summed E-state index contributed by atoms with van der Waals surface area (Å²) in [5.74, 6) is 0.531. The highest BCUT2D eigenvalue weighted by Crippen LogP contribution is 2.39. The smallest absolute Gasteiger partial charge is 0.0540 e. The fourth-order valence-corrected chi connectivity index (χ4v) is 3.24. The molecular weight excluding hydrogens is 222 g/mol. The Labute approximate surface area is 113 Å². The van der Waals surface area contributed by atoms with Crippen molar-refractivity contribution in [1.29, 1.82) is 0 Å². The monoisotopic (exact) mass is 253 g/mol. The first-order valence-corrected chi connectivity index (χ1v) is 7.01. The van der Waals surface area contributed by atoms with E-state index in [-0.39, 0.29) is 11.0 Å². The summed E-state index contributed by atoms with van der Waals surface area (Å²) in [5.41, 5.74) is 3.61. The molecule has 0 fully saturated rings. The first-order chi connectivity index (χ1) is 8.07. The standard InChI is InChI=1S/C16H31NO/c1-12-9-17(16(5,6)7)10-13(11-18-8)14(12)15(2,3)4/h13H,9-11H2,1-8H3. The van der Waals surface area contributed by atoms with Crippen molar-refractivity contribution in [3.8, 4) is 0 Å². The molecule has 0 spiro atoms. The van der Waals surface area contributed by atoms with Crippen molar-refractivity contribution >= 4 is 0 Å². The first kappa shape index (κ1) is 15.7. The highest BCUT2D eigenvalue weighted by atomic mass is 16.5. The number of rotatable bonds is 2. The molecule has 0 aromatic rings. The van der Waals surface area contributed by atoms with Crippen molar-refractivity contribution in [3.05, 3.63) is 11.1 Å². The normalized spacial score (nSPS) is 23.7. The Balaban J connectivity index is 3.07. The van der Waals surface area contributed by atoms with E-state index in [1.165, 1.54) is 5.57 Å². The molecule has 1 rings (SSSR count). The van der Waals surface area contributed by atoms with Crippen LogP contribution < -0.4 is 0 Å². The molecule has 0 saturated heterocycles. The molecule has 0 aliphatic carbocycles. The zero-order valence-electron chi connectivity index (χ0n) is 13.6. The van der Waals surface area contributed by atoms with Crippen molar-refractivity contribution in [2.75, 3.05) is 26.8 Å². The van der Waals surface area contributed by atoms with Gasteiger partial charge in [0.15, 0.2) is 0 Å². The zero-order chi connectivity index (χ0) is 14.1. The molecule has 0 radical (unpaired) electrons. The van der Waals surface area contributed by atoms with Crippen LogP contribution in [-0.4, -0.2) is 37.2 Å². The maximum atomic E-state index is 5.46. The second kappa shape index (κ2) is 5.34. The number of hydrogen-bond acceptors (Lipinski definition) is 2. The van der Waals surface area contributed by atoms with E-state index >= 15 is 0 Å². The summed E-state index contributed by atoms with van der Waals surface area (Å²) in [6, 6.07) is 0. The summed E-state index contributed by atoms with van der Waals surface area (Å²) in [6.45, 7) is 19.2. The van der Waals surface area contributed by atoms with Crippen molar-refractivity contribution in [3.63, 3.8) is 0 Å². The molecule has 1 unspecified atom stereocenters. The van der Waals surface area contributed by atoms with Gasteiger partial charge in [-0.1, -0.05) is 31.9 Å². The molecule has 0 aromatic carbocycles. The number of ether oxygens (including phenoxy) is 1. The average Bonchev–Trinajstić information content (AvgIpc) is 2.13. The summed E-state index contributed by atoms with van der Waals surface area (Å²) in [5, 5.41) is 0. The molecule has 0 aromatic heterocycles. The van der Waals surface area contributed by atoms with Gasteiger partial charge >= 0.3 is 0 Å². The van der Waals surface area contributed by atoms with E-state index in [1.807, 2.05) is 7.11 Å². The van der Waals surface area contributed by atoms with E-state index in [4.69, 9.17) is 4.74 Å². The summed E-state index contributed by atoms with van der Waals surface area (Å²) < 4.78 is 5.46. The van der Waals surface area contributed by atoms with Gasteiger partial charge in [0, 0.05) is 31.7 Å². The molecule has 1 heterocycles. The van der Waals surface area contributed by atoms with Gasteiger partial charge in [-0.3, -0.25) is 4.90 Å². The van der Waals surface area contributed by atoms with Crippen LogP contribution in [0.4, 0.5) is 0 Å². The molecular formula is C16H31NO. The molecule has 2 nitrogen and oxygen atoms in total. The highest BCUT2D eigenvalue weighted by Gasteiger charge is 2.35. The van der Waals surface area contributed by atoms with E-state index < -0.39 is 0 Å². The molecule has 2 heteroatoms. The minimum Gasteiger partial charge on any atom is -0.384 e. The molecule has 0 saturated carbocycles. The van der Waals surface area contributed by atoms with Gasteiger partial charge in [0.2, 0.25) is 0 Å². The lowest BCUT2D eigenvalue weighted by Gasteiger charge is -2.46. The SMILES string of the molecule is COCC1CN(C(C)(C)C)CC(C)=C1C(C)(C)C. The van der Waals surface area contributed by atoms with E-state index in [9.17, 15) is 0 Å². The molecule has 1 atom stereocenters. The van der Waals surface area contributed by atoms with Gasteiger partial charge in [-0.15, -0.1) is 0 Å². The minimum absolute atomic E-state index is 0.233. The molecule has 0 amide bonds. The van der Waals surface area contributed by atoms with Crippen molar-refractivity contribution in [1.82, 2.24) is 4.90 Å². The molecule has 0 N–H and O–H groups in total. The number of nitrogens with zero attached hydrogens (tertiary/aromatic N) is 1. The summed E-state index contributed by atoms with van der Waals surface area (Å²) >= 11 is 0. The summed E-state index contributed by atoms with van der Waals surface area (Å²) in [7, 11) is 1.81. The predicted molar refractivity (Wildman–Crippen MR) is 78.8 cm³/mol. The van der Waals surface area contributed by atoms with Crippen LogP contribution in [0.5, 0.6) is 0 Å². The van der Waals surface area contributed by atoms with Crippen LogP contribution in [-0.2, 0) is 4.74 Å². The third-order valence-corrected chi connectivity index (χ3v) is 3.86. The van der Waals surface area contributed by atoms with Crippen LogP contribution in [0.3, 0.4) is 0 Å². The Morgan fingerprint density at radius 3 is 2.11 bits per heavy atom. The minimum atomic E-state index is 0.233. The van der Waals surface area contributed by atoms with Crippen molar-refractivity contribution in [2.24, 2.45) is 11.3 Å². The quantitative estimate of drug-likeness (QED) is 0.695. The fraction of sp³-hybridized carbons (Fsp3) is 0.875. The topological polar surface area (TPSA) is 12.5 Å². The van der Waals surface area contributed by atoms with E-state index in [0.717, 1.165) is 19.7 Å². The average molecular weight is 253 g/mol. The van der Waals surface area contributed by atoms with E-state index in [2.05, 4.69) is 53.4 Å². The third kappa shape index (κ3) is 3.58. The zero-order valence-corrected chi connectivity index (χ0v) is 13.6. The van der Waals surface area contributed by atoms with Gasteiger partial charge in [0.05, 0.1) is 6.61 Å². The Morgan fingerprint density at radius 1 is 1.17 bits per heavy atom. The second-order valence-corrected chi connectivity index (χ2v) is 7.65.